The zero-order chi connectivity index (χ0) is 10.6. The summed E-state index contributed by atoms with van der Waals surface area (Å²) in [5.74, 6) is -0.129. The number of rotatable bonds is 5. The van der Waals surface area contributed by atoms with Crippen molar-refractivity contribution in [3.05, 3.63) is 16.9 Å². The second-order valence-electron chi connectivity index (χ2n) is 2.72. The molecule has 0 bridgehead atoms. The van der Waals surface area contributed by atoms with E-state index in [9.17, 15) is 4.79 Å². The zero-order valence-electron chi connectivity index (χ0n) is 8.29. The number of aromatic nitrogens is 2. The summed E-state index contributed by atoms with van der Waals surface area (Å²) in [6.07, 6.45) is 1.48. The Labute approximate surface area is 87.8 Å². The first-order chi connectivity index (χ1) is 6.70. The van der Waals surface area contributed by atoms with Crippen LogP contribution in [0.5, 0.6) is 0 Å². The normalized spacial score (nSPS) is 10.5. The lowest BCUT2D eigenvalue weighted by Gasteiger charge is -2.04. The number of Topliss-reactive ketones (excluding diaryl/α,β-unsaturated/α-hetero) is 1. The van der Waals surface area contributed by atoms with Gasteiger partial charge in [0, 0.05) is 13.2 Å². The minimum atomic E-state index is -0.129. The quantitative estimate of drug-likeness (QED) is 0.705. The monoisotopic (exact) mass is 216 g/mol. The standard InChI is InChI=1S/C9H13ClN2O2/c1-3-12-9(7(10)5-11-12)8(13)6-14-4-2/h5H,3-4,6H2,1-2H3. The predicted octanol–water partition coefficient (Wildman–Crippen LogP) is 1.78. The molecule has 78 valence electrons. The third-order valence-corrected chi connectivity index (χ3v) is 2.07. The molecule has 0 aliphatic carbocycles. The molecule has 0 fully saturated rings. The Hall–Kier alpha value is -0.870. The first-order valence-corrected chi connectivity index (χ1v) is 4.90. The molecule has 0 saturated heterocycles. The van der Waals surface area contributed by atoms with E-state index in [0.717, 1.165) is 0 Å². The van der Waals surface area contributed by atoms with E-state index < -0.39 is 0 Å². The zero-order valence-corrected chi connectivity index (χ0v) is 9.04. The number of carbonyl (C=O) groups is 1. The Morgan fingerprint density at radius 2 is 2.36 bits per heavy atom. The number of nitrogens with zero attached hydrogens (tertiary/aromatic N) is 2. The fraction of sp³-hybridized carbons (Fsp3) is 0.556. The van der Waals surface area contributed by atoms with Crippen LogP contribution < -0.4 is 0 Å². The molecule has 1 aromatic rings. The molecule has 0 amide bonds. The Morgan fingerprint density at radius 3 is 2.93 bits per heavy atom. The summed E-state index contributed by atoms with van der Waals surface area (Å²) in [7, 11) is 0. The number of ketones is 1. The van der Waals surface area contributed by atoms with Crippen molar-refractivity contribution in [1.82, 2.24) is 9.78 Å². The Morgan fingerprint density at radius 1 is 1.64 bits per heavy atom. The average Bonchev–Trinajstić information content (AvgIpc) is 2.56. The van der Waals surface area contributed by atoms with E-state index in [0.29, 0.717) is 23.9 Å². The van der Waals surface area contributed by atoms with Gasteiger partial charge in [0.15, 0.2) is 0 Å². The lowest BCUT2D eigenvalue weighted by Crippen LogP contribution is -2.15. The largest absolute Gasteiger partial charge is 0.374 e. The highest BCUT2D eigenvalue weighted by Gasteiger charge is 2.16. The first-order valence-electron chi connectivity index (χ1n) is 4.52. The molecule has 1 heterocycles. The molecule has 4 nitrogen and oxygen atoms in total. The molecular weight excluding hydrogens is 204 g/mol. The smallest absolute Gasteiger partial charge is 0.207 e. The SMILES string of the molecule is CCOCC(=O)c1c(Cl)cnn1CC. The summed E-state index contributed by atoms with van der Waals surface area (Å²) >= 11 is 5.84. The molecule has 1 aromatic heterocycles. The van der Waals surface area contributed by atoms with E-state index in [4.69, 9.17) is 16.3 Å². The molecule has 5 heteroatoms. The summed E-state index contributed by atoms with van der Waals surface area (Å²) < 4.78 is 6.60. The van der Waals surface area contributed by atoms with Crippen molar-refractivity contribution in [3.63, 3.8) is 0 Å². The van der Waals surface area contributed by atoms with Crippen molar-refractivity contribution in [1.29, 1.82) is 0 Å². The Bertz CT molecular complexity index is 323. The second-order valence-corrected chi connectivity index (χ2v) is 3.12. The van der Waals surface area contributed by atoms with E-state index in [-0.39, 0.29) is 12.4 Å². The van der Waals surface area contributed by atoms with Crippen molar-refractivity contribution in [2.45, 2.75) is 20.4 Å². The van der Waals surface area contributed by atoms with E-state index in [1.807, 2.05) is 13.8 Å². The Kier molecular flexibility index (Phi) is 4.10. The van der Waals surface area contributed by atoms with Crippen LogP contribution in [0.3, 0.4) is 0 Å². The van der Waals surface area contributed by atoms with Gasteiger partial charge in [0.2, 0.25) is 5.78 Å². The van der Waals surface area contributed by atoms with Gasteiger partial charge >= 0.3 is 0 Å². The van der Waals surface area contributed by atoms with Crippen molar-refractivity contribution >= 4 is 17.4 Å². The summed E-state index contributed by atoms with van der Waals surface area (Å²) in [6, 6.07) is 0. The lowest BCUT2D eigenvalue weighted by molar-refractivity contribution is 0.0773. The van der Waals surface area contributed by atoms with Gasteiger partial charge in [-0.3, -0.25) is 9.48 Å². The van der Waals surface area contributed by atoms with Gasteiger partial charge in [-0.2, -0.15) is 5.10 Å². The predicted molar refractivity (Wildman–Crippen MR) is 53.7 cm³/mol. The summed E-state index contributed by atoms with van der Waals surface area (Å²) in [5.41, 5.74) is 0.433. The molecule has 1 rings (SSSR count). The number of halogens is 1. The molecule has 0 aliphatic rings. The van der Waals surface area contributed by atoms with Crippen molar-refractivity contribution < 1.29 is 9.53 Å². The van der Waals surface area contributed by atoms with Crippen molar-refractivity contribution in [3.8, 4) is 0 Å². The average molecular weight is 217 g/mol. The summed E-state index contributed by atoms with van der Waals surface area (Å²) in [4.78, 5) is 11.6. The van der Waals surface area contributed by atoms with Crippen LogP contribution >= 0.6 is 11.6 Å². The van der Waals surface area contributed by atoms with E-state index in [2.05, 4.69) is 5.10 Å². The first kappa shape index (κ1) is 11.2. The number of hydrogen-bond donors (Lipinski definition) is 0. The summed E-state index contributed by atoms with van der Waals surface area (Å²) in [5, 5.41) is 4.36. The van der Waals surface area contributed by atoms with Crippen molar-refractivity contribution in [2.75, 3.05) is 13.2 Å². The molecule has 0 aliphatic heterocycles. The maximum Gasteiger partial charge on any atom is 0.207 e. The highest BCUT2D eigenvalue weighted by Crippen LogP contribution is 2.15. The van der Waals surface area contributed by atoms with E-state index in [1.54, 1.807) is 4.68 Å². The van der Waals surface area contributed by atoms with Gasteiger partial charge in [-0.25, -0.2) is 0 Å². The Balaban J connectivity index is 2.82. The van der Waals surface area contributed by atoms with E-state index >= 15 is 0 Å². The van der Waals surface area contributed by atoms with Crippen LogP contribution in [-0.2, 0) is 11.3 Å². The number of carbonyl (C=O) groups excluding carboxylic acids is 1. The molecule has 14 heavy (non-hydrogen) atoms. The minimum absolute atomic E-state index is 0.0575. The van der Waals surface area contributed by atoms with Gasteiger partial charge < -0.3 is 4.74 Å². The summed E-state index contributed by atoms with van der Waals surface area (Å²) in [6.45, 7) is 4.94. The highest BCUT2D eigenvalue weighted by molar-refractivity contribution is 6.33. The fourth-order valence-corrected chi connectivity index (χ4v) is 1.39. The fourth-order valence-electron chi connectivity index (χ4n) is 1.14. The molecule has 0 unspecified atom stereocenters. The van der Waals surface area contributed by atoms with Crippen LogP contribution in [0.2, 0.25) is 5.02 Å². The third-order valence-electron chi connectivity index (χ3n) is 1.80. The van der Waals surface area contributed by atoms with Crippen LogP contribution in [0.4, 0.5) is 0 Å². The lowest BCUT2D eigenvalue weighted by atomic mass is 10.3. The molecular formula is C9H13ClN2O2. The van der Waals surface area contributed by atoms with Gasteiger partial charge in [0.05, 0.1) is 11.2 Å². The number of ether oxygens (including phenoxy) is 1. The molecule has 0 saturated carbocycles. The maximum atomic E-state index is 11.6. The van der Waals surface area contributed by atoms with Crippen LogP contribution in [0.25, 0.3) is 0 Å². The van der Waals surface area contributed by atoms with Gasteiger partial charge in [-0.15, -0.1) is 0 Å². The van der Waals surface area contributed by atoms with Crippen LogP contribution in [-0.4, -0.2) is 28.8 Å². The van der Waals surface area contributed by atoms with Crippen LogP contribution in [0, 0.1) is 0 Å². The molecule has 0 N–H and O–H groups in total. The highest BCUT2D eigenvalue weighted by atomic mass is 35.5. The third kappa shape index (κ3) is 2.33. The van der Waals surface area contributed by atoms with Crippen LogP contribution in [0.15, 0.2) is 6.20 Å². The molecule has 0 aromatic carbocycles. The van der Waals surface area contributed by atoms with Gasteiger partial charge in [-0.1, -0.05) is 11.6 Å². The van der Waals surface area contributed by atoms with Crippen LogP contribution in [0.1, 0.15) is 24.3 Å². The molecule has 0 atom stereocenters. The maximum absolute atomic E-state index is 11.6. The second kappa shape index (κ2) is 5.12. The topological polar surface area (TPSA) is 44.1 Å². The number of aryl methyl sites for hydroxylation is 1. The van der Waals surface area contributed by atoms with Crippen molar-refractivity contribution in [2.24, 2.45) is 0 Å². The molecule has 0 radical (unpaired) electrons. The van der Waals surface area contributed by atoms with Gasteiger partial charge in [0.25, 0.3) is 0 Å². The van der Waals surface area contributed by atoms with Gasteiger partial charge in [0.1, 0.15) is 12.3 Å². The minimum Gasteiger partial charge on any atom is -0.374 e. The molecule has 0 spiro atoms. The van der Waals surface area contributed by atoms with E-state index in [1.165, 1.54) is 6.20 Å². The van der Waals surface area contributed by atoms with Gasteiger partial charge in [-0.05, 0) is 13.8 Å². The number of hydrogen-bond acceptors (Lipinski definition) is 3.